The van der Waals surface area contributed by atoms with Crippen molar-refractivity contribution < 1.29 is 22.8 Å². The van der Waals surface area contributed by atoms with E-state index in [9.17, 15) is 22.8 Å². The largest absolute Gasteiger partial charge is 0.324 e. The zero-order valence-corrected chi connectivity index (χ0v) is 14.0. The molecule has 4 nitrogen and oxygen atoms in total. The summed E-state index contributed by atoms with van der Waals surface area (Å²) in [5, 5.41) is 2.63. The van der Waals surface area contributed by atoms with E-state index in [0.717, 1.165) is 29.0 Å². The van der Waals surface area contributed by atoms with Crippen LogP contribution in [0.1, 0.15) is 18.1 Å². The minimum Gasteiger partial charge on any atom is -0.324 e. The minimum absolute atomic E-state index is 0.498. The Morgan fingerprint density at radius 3 is 2.36 bits per heavy atom. The molecular formula is C18H17F3N2O2. The van der Waals surface area contributed by atoms with E-state index in [0.29, 0.717) is 11.8 Å². The maximum Gasteiger partial charge on any atom is 0.244 e. The fourth-order valence-electron chi connectivity index (χ4n) is 2.31. The van der Waals surface area contributed by atoms with Crippen molar-refractivity contribution in [3.05, 3.63) is 58.9 Å². The molecule has 0 fully saturated rings. The van der Waals surface area contributed by atoms with E-state index < -0.39 is 41.5 Å². The highest BCUT2D eigenvalue weighted by molar-refractivity contribution is 6.02. The Balaban J connectivity index is 2.25. The molecule has 0 spiro atoms. The normalized spacial score (nSPS) is 10.5. The molecule has 0 aliphatic heterocycles. The summed E-state index contributed by atoms with van der Waals surface area (Å²) >= 11 is 0. The van der Waals surface area contributed by atoms with Crippen LogP contribution in [0.3, 0.4) is 0 Å². The van der Waals surface area contributed by atoms with Crippen molar-refractivity contribution in [3.8, 4) is 0 Å². The number of rotatable bonds is 4. The van der Waals surface area contributed by atoms with Gasteiger partial charge in [0.05, 0.1) is 5.69 Å². The van der Waals surface area contributed by atoms with Gasteiger partial charge in [-0.15, -0.1) is 0 Å². The zero-order chi connectivity index (χ0) is 18.7. The van der Waals surface area contributed by atoms with E-state index in [-0.39, 0.29) is 0 Å². The molecule has 0 saturated carbocycles. The molecule has 132 valence electrons. The van der Waals surface area contributed by atoms with Crippen molar-refractivity contribution in [2.24, 2.45) is 0 Å². The number of benzene rings is 2. The average molecular weight is 350 g/mol. The summed E-state index contributed by atoms with van der Waals surface area (Å²) in [5.74, 6) is -5.85. The van der Waals surface area contributed by atoms with Gasteiger partial charge < -0.3 is 10.2 Å². The number of carbonyl (C=O) groups is 2. The SMILES string of the molecule is CC(=O)N(CC(=O)Nc1cccc(C)c1C)c1ccc(F)c(F)c1F. The van der Waals surface area contributed by atoms with Crippen molar-refractivity contribution in [3.63, 3.8) is 0 Å². The summed E-state index contributed by atoms with van der Waals surface area (Å²) < 4.78 is 40.4. The Bertz CT molecular complexity index is 837. The fraction of sp³-hybridized carbons (Fsp3) is 0.222. The molecule has 0 aromatic heterocycles. The van der Waals surface area contributed by atoms with Crippen LogP contribution in [0.15, 0.2) is 30.3 Å². The average Bonchev–Trinajstić information content (AvgIpc) is 2.55. The van der Waals surface area contributed by atoms with Crippen LogP contribution in [-0.4, -0.2) is 18.4 Å². The monoisotopic (exact) mass is 350 g/mol. The summed E-state index contributed by atoms with van der Waals surface area (Å²) in [4.78, 5) is 24.7. The van der Waals surface area contributed by atoms with Crippen LogP contribution >= 0.6 is 0 Å². The molecule has 0 aliphatic carbocycles. The quantitative estimate of drug-likeness (QED) is 0.855. The van der Waals surface area contributed by atoms with Crippen LogP contribution in [-0.2, 0) is 9.59 Å². The van der Waals surface area contributed by atoms with Crippen LogP contribution in [0.2, 0.25) is 0 Å². The van der Waals surface area contributed by atoms with E-state index in [1.165, 1.54) is 0 Å². The van der Waals surface area contributed by atoms with Crippen LogP contribution in [0.5, 0.6) is 0 Å². The third-order valence-electron chi connectivity index (χ3n) is 3.87. The summed E-state index contributed by atoms with van der Waals surface area (Å²) in [6.45, 7) is 4.27. The Hall–Kier alpha value is -2.83. The molecular weight excluding hydrogens is 333 g/mol. The predicted octanol–water partition coefficient (Wildman–Crippen LogP) is 3.71. The molecule has 0 bridgehead atoms. The third kappa shape index (κ3) is 3.99. The summed E-state index contributed by atoms with van der Waals surface area (Å²) in [6.07, 6.45) is 0. The summed E-state index contributed by atoms with van der Waals surface area (Å²) in [7, 11) is 0. The maximum absolute atomic E-state index is 13.9. The molecule has 0 saturated heterocycles. The second-order valence-electron chi connectivity index (χ2n) is 5.60. The van der Waals surface area contributed by atoms with E-state index in [4.69, 9.17) is 0 Å². The van der Waals surface area contributed by atoms with Gasteiger partial charge in [-0.3, -0.25) is 9.59 Å². The van der Waals surface area contributed by atoms with Gasteiger partial charge in [-0.25, -0.2) is 13.2 Å². The molecule has 0 atom stereocenters. The molecule has 1 N–H and O–H groups in total. The molecule has 7 heteroatoms. The number of anilines is 2. The number of carbonyl (C=O) groups excluding carboxylic acids is 2. The number of hydrogen-bond donors (Lipinski definition) is 1. The second-order valence-corrected chi connectivity index (χ2v) is 5.60. The summed E-state index contributed by atoms with van der Waals surface area (Å²) in [6, 6.07) is 6.95. The lowest BCUT2D eigenvalue weighted by atomic mass is 10.1. The molecule has 0 heterocycles. The van der Waals surface area contributed by atoms with Gasteiger partial charge in [-0.1, -0.05) is 12.1 Å². The standard InChI is InChI=1S/C18H17F3N2O2/c1-10-5-4-6-14(11(10)2)22-16(25)9-23(12(3)24)15-8-7-13(19)17(20)18(15)21/h4-8H,9H2,1-3H3,(H,22,25). The Morgan fingerprint density at radius 1 is 1.04 bits per heavy atom. The summed E-state index contributed by atoms with van der Waals surface area (Å²) in [5.41, 5.74) is 1.87. The number of amides is 2. The highest BCUT2D eigenvalue weighted by Crippen LogP contribution is 2.24. The van der Waals surface area contributed by atoms with Gasteiger partial charge in [0.1, 0.15) is 6.54 Å². The first kappa shape index (κ1) is 18.5. The molecule has 25 heavy (non-hydrogen) atoms. The van der Waals surface area contributed by atoms with Crippen LogP contribution < -0.4 is 10.2 Å². The van der Waals surface area contributed by atoms with Gasteiger partial charge >= 0.3 is 0 Å². The first-order chi connectivity index (χ1) is 11.7. The predicted molar refractivity (Wildman–Crippen MR) is 88.9 cm³/mol. The number of halogens is 3. The molecule has 0 unspecified atom stereocenters. The Kier molecular flexibility index (Phi) is 5.46. The van der Waals surface area contributed by atoms with Crippen molar-refractivity contribution in [1.82, 2.24) is 0 Å². The maximum atomic E-state index is 13.9. The van der Waals surface area contributed by atoms with E-state index in [1.807, 2.05) is 19.9 Å². The highest BCUT2D eigenvalue weighted by Gasteiger charge is 2.23. The molecule has 2 aromatic carbocycles. The molecule has 0 aliphatic rings. The van der Waals surface area contributed by atoms with Gasteiger partial charge in [-0.05, 0) is 43.2 Å². The van der Waals surface area contributed by atoms with Gasteiger partial charge in [0.25, 0.3) is 0 Å². The zero-order valence-electron chi connectivity index (χ0n) is 14.0. The van der Waals surface area contributed by atoms with Crippen molar-refractivity contribution in [2.75, 3.05) is 16.8 Å². The van der Waals surface area contributed by atoms with Crippen LogP contribution in [0.4, 0.5) is 24.5 Å². The first-order valence-electron chi connectivity index (χ1n) is 7.50. The minimum atomic E-state index is -1.70. The van der Waals surface area contributed by atoms with Crippen molar-refractivity contribution >= 4 is 23.2 Å². The lowest BCUT2D eigenvalue weighted by molar-refractivity contribution is -0.120. The lowest BCUT2D eigenvalue weighted by Gasteiger charge is -2.22. The first-order valence-corrected chi connectivity index (χ1v) is 7.50. The molecule has 2 aromatic rings. The van der Waals surface area contributed by atoms with Gasteiger partial charge in [0, 0.05) is 12.6 Å². The Labute approximate surface area is 143 Å². The third-order valence-corrected chi connectivity index (χ3v) is 3.87. The van der Waals surface area contributed by atoms with Crippen LogP contribution in [0, 0.1) is 31.3 Å². The number of nitrogens with one attached hydrogen (secondary N) is 1. The number of hydrogen-bond acceptors (Lipinski definition) is 2. The van der Waals surface area contributed by atoms with Gasteiger partial charge in [0.15, 0.2) is 17.5 Å². The van der Waals surface area contributed by atoms with E-state index in [1.54, 1.807) is 12.1 Å². The lowest BCUT2D eigenvalue weighted by Crippen LogP contribution is -2.37. The smallest absolute Gasteiger partial charge is 0.244 e. The molecule has 2 amide bonds. The number of nitrogens with zero attached hydrogens (tertiary/aromatic N) is 1. The Morgan fingerprint density at radius 2 is 1.72 bits per heavy atom. The molecule has 2 rings (SSSR count). The van der Waals surface area contributed by atoms with Crippen molar-refractivity contribution in [2.45, 2.75) is 20.8 Å². The van der Waals surface area contributed by atoms with Crippen molar-refractivity contribution in [1.29, 1.82) is 0 Å². The number of aryl methyl sites for hydroxylation is 1. The highest BCUT2D eigenvalue weighted by atomic mass is 19.2. The van der Waals surface area contributed by atoms with Gasteiger partial charge in [-0.2, -0.15) is 0 Å². The van der Waals surface area contributed by atoms with E-state index >= 15 is 0 Å². The molecule has 0 radical (unpaired) electrons. The topological polar surface area (TPSA) is 49.4 Å². The fourth-order valence-corrected chi connectivity index (χ4v) is 2.31. The second kappa shape index (κ2) is 7.38. The van der Waals surface area contributed by atoms with E-state index in [2.05, 4.69) is 5.32 Å². The van der Waals surface area contributed by atoms with Gasteiger partial charge in [0.2, 0.25) is 11.8 Å². The van der Waals surface area contributed by atoms with Crippen LogP contribution in [0.25, 0.3) is 0 Å².